The van der Waals surface area contributed by atoms with Crippen LogP contribution in [0, 0.1) is 16.0 Å². The van der Waals surface area contributed by atoms with Crippen LogP contribution in [0.15, 0.2) is 17.0 Å². The Morgan fingerprint density at radius 2 is 1.77 bits per heavy atom. The molecule has 0 amide bonds. The van der Waals surface area contributed by atoms with E-state index in [1.54, 1.807) is 0 Å². The number of piperidine rings is 1. The van der Waals surface area contributed by atoms with Gasteiger partial charge in [-0.1, -0.05) is 0 Å². The number of ether oxygens (including phenoxy) is 2. The van der Waals surface area contributed by atoms with Gasteiger partial charge in [0.05, 0.1) is 11.0 Å². The van der Waals surface area contributed by atoms with Gasteiger partial charge in [0, 0.05) is 25.2 Å². The number of sulfonamides is 1. The molecule has 2 heterocycles. The Morgan fingerprint density at radius 3 is 2.27 bits per heavy atom. The predicted octanol–water partition coefficient (Wildman–Crippen LogP) is 1.54. The van der Waals surface area contributed by atoms with Gasteiger partial charge in [-0.3, -0.25) is 10.1 Å². The summed E-state index contributed by atoms with van der Waals surface area (Å²) < 4.78 is 37.9. The van der Waals surface area contributed by atoms with Gasteiger partial charge in [0.1, 0.15) is 13.2 Å². The molecule has 1 atom stereocenters. The molecule has 1 saturated heterocycles. The number of nitrogens with zero attached hydrogens (tertiary/aromatic N) is 2. The second kappa shape index (κ2) is 7.95. The molecule has 2 aliphatic heterocycles. The van der Waals surface area contributed by atoms with Crippen LogP contribution < -0.4 is 15.2 Å². The van der Waals surface area contributed by atoms with Crippen molar-refractivity contribution >= 4 is 28.1 Å². The molecule has 1 unspecified atom stereocenters. The van der Waals surface area contributed by atoms with E-state index in [0.717, 1.165) is 6.07 Å². The fourth-order valence-corrected chi connectivity index (χ4v) is 4.81. The number of hydrogen-bond donors (Lipinski definition) is 1. The molecule has 1 aromatic carbocycles. The molecule has 3 rings (SSSR count). The molecule has 0 bridgehead atoms. The zero-order valence-electron chi connectivity index (χ0n) is 14.3. The predicted molar refractivity (Wildman–Crippen MR) is 96.5 cm³/mol. The van der Waals surface area contributed by atoms with Crippen LogP contribution in [0.5, 0.6) is 11.5 Å². The minimum atomic E-state index is -4.01. The summed E-state index contributed by atoms with van der Waals surface area (Å²) in [7, 11) is -4.01. The molecule has 2 aliphatic rings. The first-order valence-electron chi connectivity index (χ1n) is 8.14. The van der Waals surface area contributed by atoms with Crippen molar-refractivity contribution in [3.63, 3.8) is 0 Å². The molecule has 0 radical (unpaired) electrons. The minimum Gasteiger partial charge on any atom is -0.486 e. The van der Waals surface area contributed by atoms with E-state index < -0.39 is 20.6 Å². The first kappa shape index (κ1) is 20.7. The van der Waals surface area contributed by atoms with Gasteiger partial charge in [0.25, 0.3) is 5.69 Å². The van der Waals surface area contributed by atoms with Gasteiger partial charge >= 0.3 is 0 Å². The summed E-state index contributed by atoms with van der Waals surface area (Å²) >= 11 is 0. The van der Waals surface area contributed by atoms with Gasteiger partial charge < -0.3 is 15.2 Å². The van der Waals surface area contributed by atoms with E-state index in [0.29, 0.717) is 25.9 Å². The Balaban J connectivity index is 0.00000243. The molecular formula is C15H22ClN3O6S. The van der Waals surface area contributed by atoms with Gasteiger partial charge in [-0.05, 0) is 25.7 Å². The van der Waals surface area contributed by atoms with E-state index in [9.17, 15) is 18.5 Å². The first-order chi connectivity index (χ1) is 11.8. The van der Waals surface area contributed by atoms with E-state index >= 15 is 0 Å². The average Bonchev–Trinajstić information content (AvgIpc) is 2.60. The lowest BCUT2D eigenvalue weighted by atomic mass is 9.92. The summed E-state index contributed by atoms with van der Waals surface area (Å²) in [6.07, 6.45) is 1.27. The zero-order chi connectivity index (χ0) is 18.2. The van der Waals surface area contributed by atoms with Crippen molar-refractivity contribution < 1.29 is 22.8 Å². The van der Waals surface area contributed by atoms with Gasteiger partial charge in [-0.15, -0.1) is 12.4 Å². The van der Waals surface area contributed by atoms with Crippen LogP contribution in [-0.2, 0) is 10.0 Å². The van der Waals surface area contributed by atoms with Crippen LogP contribution in [0.4, 0.5) is 5.69 Å². The van der Waals surface area contributed by atoms with E-state index in [1.807, 2.05) is 6.92 Å². The zero-order valence-corrected chi connectivity index (χ0v) is 15.9. The Hall–Kier alpha value is -1.62. The maximum atomic E-state index is 13.0. The van der Waals surface area contributed by atoms with E-state index in [-0.39, 0.29) is 54.0 Å². The van der Waals surface area contributed by atoms with Crippen molar-refractivity contribution in [3.05, 3.63) is 22.2 Å². The molecule has 9 nitrogen and oxygen atoms in total. The van der Waals surface area contributed by atoms with E-state index in [2.05, 4.69) is 0 Å². The summed E-state index contributed by atoms with van der Waals surface area (Å²) in [5.74, 6) is 0.648. The third kappa shape index (κ3) is 3.88. The Labute approximate surface area is 158 Å². The second-order valence-corrected chi connectivity index (χ2v) is 8.23. The maximum Gasteiger partial charge on any atom is 0.293 e. The molecule has 11 heteroatoms. The molecule has 2 N–H and O–H groups in total. The number of fused-ring (bicyclic) bond motifs is 1. The fourth-order valence-electron chi connectivity index (χ4n) is 3.19. The number of benzene rings is 1. The van der Waals surface area contributed by atoms with Crippen LogP contribution in [0.1, 0.15) is 19.8 Å². The van der Waals surface area contributed by atoms with Crippen LogP contribution in [-0.4, -0.2) is 50.0 Å². The standard InChI is InChI=1S/C15H21N3O6S.ClH/c1-10(16)11-2-4-17(5-3-11)25(21,22)15-9-14-13(23-6-7-24-14)8-12(15)18(19)20;/h8-11H,2-7,16H2,1H3;1H. The number of halogens is 1. The number of nitro benzene ring substituents is 1. The van der Waals surface area contributed by atoms with Gasteiger partial charge in [-0.2, -0.15) is 4.31 Å². The average molecular weight is 408 g/mol. The summed E-state index contributed by atoms with van der Waals surface area (Å²) in [6, 6.07) is 2.31. The largest absolute Gasteiger partial charge is 0.486 e. The summed E-state index contributed by atoms with van der Waals surface area (Å²) in [5.41, 5.74) is 5.38. The number of hydrogen-bond acceptors (Lipinski definition) is 7. The lowest BCUT2D eigenvalue weighted by Gasteiger charge is -2.33. The monoisotopic (exact) mass is 407 g/mol. The van der Waals surface area contributed by atoms with Crippen LogP contribution in [0.25, 0.3) is 0 Å². The maximum absolute atomic E-state index is 13.0. The van der Waals surface area contributed by atoms with Gasteiger partial charge in [-0.25, -0.2) is 8.42 Å². The molecule has 0 spiro atoms. The highest BCUT2D eigenvalue weighted by Crippen LogP contribution is 2.40. The Bertz CT molecular complexity index is 778. The highest BCUT2D eigenvalue weighted by atomic mass is 35.5. The Morgan fingerprint density at radius 1 is 1.23 bits per heavy atom. The van der Waals surface area contributed by atoms with Crippen LogP contribution in [0.3, 0.4) is 0 Å². The summed E-state index contributed by atoms with van der Waals surface area (Å²) in [6.45, 7) is 3.02. The van der Waals surface area contributed by atoms with Crippen molar-refractivity contribution in [2.75, 3.05) is 26.3 Å². The smallest absolute Gasteiger partial charge is 0.293 e. The first-order valence-corrected chi connectivity index (χ1v) is 9.58. The fraction of sp³-hybridized carbons (Fsp3) is 0.600. The third-order valence-corrected chi connectivity index (χ3v) is 6.61. The Kier molecular flexibility index (Phi) is 6.33. The van der Waals surface area contributed by atoms with Gasteiger partial charge in [0.2, 0.25) is 10.0 Å². The lowest BCUT2D eigenvalue weighted by Crippen LogP contribution is -2.42. The van der Waals surface area contributed by atoms with Crippen LogP contribution >= 0.6 is 12.4 Å². The van der Waals surface area contributed by atoms with Crippen LogP contribution in [0.2, 0.25) is 0 Å². The normalized spacial score (nSPS) is 19.5. The highest BCUT2D eigenvalue weighted by Gasteiger charge is 2.36. The summed E-state index contributed by atoms with van der Waals surface area (Å²) in [4.78, 5) is 10.3. The van der Waals surface area contributed by atoms with E-state index in [4.69, 9.17) is 15.2 Å². The number of nitro groups is 1. The molecule has 0 aliphatic carbocycles. The molecular weight excluding hydrogens is 386 g/mol. The second-order valence-electron chi connectivity index (χ2n) is 6.32. The van der Waals surface area contributed by atoms with Crippen molar-refractivity contribution in [2.24, 2.45) is 11.7 Å². The minimum absolute atomic E-state index is 0. The molecule has 0 saturated carbocycles. The molecule has 1 aromatic rings. The molecule has 1 fully saturated rings. The van der Waals surface area contributed by atoms with Crippen molar-refractivity contribution in [3.8, 4) is 11.5 Å². The van der Waals surface area contributed by atoms with Crippen molar-refractivity contribution in [1.29, 1.82) is 0 Å². The number of rotatable bonds is 4. The molecule has 0 aromatic heterocycles. The van der Waals surface area contributed by atoms with Crippen molar-refractivity contribution in [2.45, 2.75) is 30.7 Å². The number of nitrogens with two attached hydrogens (primary N) is 1. The topological polar surface area (TPSA) is 125 Å². The van der Waals surface area contributed by atoms with Crippen molar-refractivity contribution in [1.82, 2.24) is 4.31 Å². The molecule has 26 heavy (non-hydrogen) atoms. The highest BCUT2D eigenvalue weighted by molar-refractivity contribution is 7.89. The lowest BCUT2D eigenvalue weighted by molar-refractivity contribution is -0.388. The molecule has 146 valence electrons. The summed E-state index contributed by atoms with van der Waals surface area (Å²) in [5, 5.41) is 11.4. The SMILES string of the molecule is CC(N)C1CCN(S(=O)(=O)c2cc3c(cc2[N+](=O)[O-])OCCO3)CC1.Cl. The van der Waals surface area contributed by atoms with Gasteiger partial charge in [0.15, 0.2) is 16.4 Å². The third-order valence-electron chi connectivity index (χ3n) is 4.68. The van der Waals surface area contributed by atoms with E-state index in [1.165, 1.54) is 10.4 Å². The quantitative estimate of drug-likeness (QED) is 0.592.